The highest BCUT2D eigenvalue weighted by atomic mass is 16.3. The molecule has 56 valence electrons. The molecule has 0 amide bonds. The molecule has 0 saturated carbocycles. The molecule has 0 radical (unpaired) electrons. The Morgan fingerprint density at radius 2 is 2.18 bits per heavy atom. The van der Waals surface area contributed by atoms with Crippen molar-refractivity contribution in [2.75, 3.05) is 0 Å². The van der Waals surface area contributed by atoms with Crippen LogP contribution in [0.25, 0.3) is 6.08 Å². The Labute approximate surface area is 65.0 Å². The molecule has 2 heteroatoms. The summed E-state index contributed by atoms with van der Waals surface area (Å²) in [5.41, 5.74) is 7.83. The van der Waals surface area contributed by atoms with Crippen LogP contribution in [0.3, 0.4) is 0 Å². The normalized spacial score (nSPS) is 20.3. The van der Waals surface area contributed by atoms with E-state index in [0.717, 1.165) is 11.1 Å². The molecule has 0 saturated heterocycles. The molecule has 1 unspecified atom stereocenters. The predicted octanol–water partition coefficient (Wildman–Crippen LogP) is 1.42. The van der Waals surface area contributed by atoms with Crippen LogP contribution in [0.5, 0.6) is 5.75 Å². The van der Waals surface area contributed by atoms with Gasteiger partial charge in [-0.1, -0.05) is 18.2 Å². The minimum Gasteiger partial charge on any atom is -0.508 e. The van der Waals surface area contributed by atoms with Crippen LogP contribution in [0.1, 0.15) is 17.2 Å². The Balaban J connectivity index is 2.58. The van der Waals surface area contributed by atoms with E-state index in [4.69, 9.17) is 10.8 Å². The quantitative estimate of drug-likeness (QED) is 0.583. The molecule has 1 aliphatic carbocycles. The summed E-state index contributed by atoms with van der Waals surface area (Å²) in [6, 6.07) is 5.20. The molecule has 0 heterocycles. The van der Waals surface area contributed by atoms with E-state index in [2.05, 4.69) is 0 Å². The van der Waals surface area contributed by atoms with Gasteiger partial charge in [0.1, 0.15) is 5.75 Å². The maximum absolute atomic E-state index is 9.13. The first-order valence-electron chi connectivity index (χ1n) is 3.54. The van der Waals surface area contributed by atoms with Crippen molar-refractivity contribution in [3.05, 3.63) is 35.4 Å². The van der Waals surface area contributed by atoms with Gasteiger partial charge in [0, 0.05) is 6.04 Å². The van der Waals surface area contributed by atoms with Crippen LogP contribution in [0.15, 0.2) is 24.3 Å². The van der Waals surface area contributed by atoms with Crippen molar-refractivity contribution in [2.24, 2.45) is 5.73 Å². The fraction of sp³-hybridized carbons (Fsp3) is 0.111. The van der Waals surface area contributed by atoms with E-state index in [0.29, 0.717) is 0 Å². The lowest BCUT2D eigenvalue weighted by atomic mass is 10.1. The van der Waals surface area contributed by atoms with E-state index < -0.39 is 0 Å². The van der Waals surface area contributed by atoms with E-state index in [9.17, 15) is 0 Å². The lowest BCUT2D eigenvalue weighted by Crippen LogP contribution is -2.03. The minimum absolute atomic E-state index is 0.0444. The number of benzene rings is 1. The van der Waals surface area contributed by atoms with Gasteiger partial charge in [0.2, 0.25) is 0 Å². The van der Waals surface area contributed by atoms with Crippen LogP contribution >= 0.6 is 0 Å². The number of fused-ring (bicyclic) bond motifs is 1. The van der Waals surface area contributed by atoms with Crippen molar-refractivity contribution in [1.82, 2.24) is 0 Å². The van der Waals surface area contributed by atoms with Gasteiger partial charge < -0.3 is 10.8 Å². The van der Waals surface area contributed by atoms with Gasteiger partial charge in [-0.2, -0.15) is 0 Å². The van der Waals surface area contributed by atoms with Crippen molar-refractivity contribution >= 4 is 6.08 Å². The summed E-state index contributed by atoms with van der Waals surface area (Å²) in [6.07, 6.45) is 3.89. The summed E-state index contributed by atoms with van der Waals surface area (Å²) < 4.78 is 0. The largest absolute Gasteiger partial charge is 0.508 e. The Morgan fingerprint density at radius 1 is 1.36 bits per heavy atom. The molecule has 11 heavy (non-hydrogen) atoms. The number of hydrogen-bond acceptors (Lipinski definition) is 2. The molecule has 0 aromatic heterocycles. The standard InChI is InChI=1S/C9H9NO/c10-9-4-2-6-1-3-7(11)5-8(6)9/h1-5,9,11H,10H2. The van der Waals surface area contributed by atoms with Crippen LogP contribution in [-0.2, 0) is 0 Å². The van der Waals surface area contributed by atoms with E-state index in [1.807, 2.05) is 18.2 Å². The van der Waals surface area contributed by atoms with Crippen LogP contribution in [-0.4, -0.2) is 5.11 Å². The summed E-state index contributed by atoms with van der Waals surface area (Å²) in [5.74, 6) is 0.280. The smallest absolute Gasteiger partial charge is 0.115 e. The molecule has 0 bridgehead atoms. The molecular formula is C9H9NO. The molecule has 1 aliphatic rings. The number of aromatic hydroxyl groups is 1. The third-order valence-corrected chi connectivity index (χ3v) is 1.91. The van der Waals surface area contributed by atoms with Gasteiger partial charge in [-0.25, -0.2) is 0 Å². The Morgan fingerprint density at radius 3 is 3.00 bits per heavy atom. The highest BCUT2D eigenvalue weighted by molar-refractivity contribution is 5.63. The first-order chi connectivity index (χ1) is 5.27. The zero-order valence-corrected chi connectivity index (χ0v) is 5.99. The van der Waals surface area contributed by atoms with Crippen molar-refractivity contribution in [3.8, 4) is 5.75 Å². The Hall–Kier alpha value is -1.28. The molecular weight excluding hydrogens is 138 g/mol. The van der Waals surface area contributed by atoms with Crippen molar-refractivity contribution in [3.63, 3.8) is 0 Å². The van der Waals surface area contributed by atoms with E-state index in [1.165, 1.54) is 0 Å². The molecule has 0 aliphatic heterocycles. The second-order valence-corrected chi connectivity index (χ2v) is 2.70. The summed E-state index contributed by atoms with van der Waals surface area (Å²) >= 11 is 0. The fourth-order valence-electron chi connectivity index (χ4n) is 1.31. The predicted molar refractivity (Wildman–Crippen MR) is 44.1 cm³/mol. The molecule has 1 aromatic carbocycles. The van der Waals surface area contributed by atoms with Crippen molar-refractivity contribution in [2.45, 2.75) is 6.04 Å². The molecule has 0 fully saturated rings. The minimum atomic E-state index is -0.0444. The maximum Gasteiger partial charge on any atom is 0.115 e. The average Bonchev–Trinajstić information content (AvgIpc) is 2.33. The second kappa shape index (κ2) is 2.10. The summed E-state index contributed by atoms with van der Waals surface area (Å²) in [4.78, 5) is 0. The van der Waals surface area contributed by atoms with Gasteiger partial charge >= 0.3 is 0 Å². The number of phenols is 1. The number of rotatable bonds is 0. The zero-order chi connectivity index (χ0) is 7.84. The van der Waals surface area contributed by atoms with Gasteiger partial charge in [0.05, 0.1) is 0 Å². The van der Waals surface area contributed by atoms with Crippen molar-refractivity contribution < 1.29 is 5.11 Å². The third kappa shape index (κ3) is 0.917. The average molecular weight is 147 g/mol. The lowest BCUT2D eigenvalue weighted by Gasteiger charge is -2.03. The monoisotopic (exact) mass is 147 g/mol. The second-order valence-electron chi connectivity index (χ2n) is 2.70. The third-order valence-electron chi connectivity index (χ3n) is 1.91. The number of nitrogens with two attached hydrogens (primary N) is 1. The van der Waals surface area contributed by atoms with Crippen molar-refractivity contribution in [1.29, 1.82) is 0 Å². The summed E-state index contributed by atoms with van der Waals surface area (Å²) in [5, 5.41) is 9.13. The van der Waals surface area contributed by atoms with E-state index in [1.54, 1.807) is 12.1 Å². The summed E-state index contributed by atoms with van der Waals surface area (Å²) in [7, 11) is 0. The maximum atomic E-state index is 9.13. The fourth-order valence-corrected chi connectivity index (χ4v) is 1.31. The molecule has 1 atom stereocenters. The van der Waals surface area contributed by atoms with E-state index in [-0.39, 0.29) is 11.8 Å². The highest BCUT2D eigenvalue weighted by Gasteiger charge is 2.12. The van der Waals surface area contributed by atoms with Gasteiger partial charge in [-0.05, 0) is 23.3 Å². The first kappa shape index (κ1) is 6.43. The molecule has 3 N–H and O–H groups in total. The van der Waals surface area contributed by atoms with Crippen LogP contribution in [0, 0.1) is 0 Å². The van der Waals surface area contributed by atoms with Gasteiger partial charge in [-0.15, -0.1) is 0 Å². The zero-order valence-electron chi connectivity index (χ0n) is 5.99. The van der Waals surface area contributed by atoms with Crippen LogP contribution in [0.4, 0.5) is 0 Å². The van der Waals surface area contributed by atoms with E-state index >= 15 is 0 Å². The van der Waals surface area contributed by atoms with Crippen LogP contribution in [0.2, 0.25) is 0 Å². The number of phenolic OH excluding ortho intramolecular Hbond substituents is 1. The van der Waals surface area contributed by atoms with Gasteiger partial charge in [-0.3, -0.25) is 0 Å². The molecule has 1 aromatic rings. The Bertz CT molecular complexity index is 317. The van der Waals surface area contributed by atoms with Gasteiger partial charge in [0.25, 0.3) is 0 Å². The van der Waals surface area contributed by atoms with Crippen LogP contribution < -0.4 is 5.73 Å². The highest BCUT2D eigenvalue weighted by Crippen LogP contribution is 2.28. The first-order valence-corrected chi connectivity index (χ1v) is 3.54. The molecule has 2 nitrogen and oxygen atoms in total. The summed E-state index contributed by atoms with van der Waals surface area (Å²) in [6.45, 7) is 0. The topological polar surface area (TPSA) is 46.2 Å². The molecule has 2 rings (SSSR count). The Kier molecular flexibility index (Phi) is 1.23. The van der Waals surface area contributed by atoms with Gasteiger partial charge in [0.15, 0.2) is 0 Å². The molecule has 0 spiro atoms. The lowest BCUT2D eigenvalue weighted by molar-refractivity contribution is 0.474. The number of hydrogen-bond donors (Lipinski definition) is 2. The SMILES string of the molecule is NC1C=Cc2ccc(O)cc21.